The fraction of sp³-hybridized carbons (Fsp3) is 0.500. The van der Waals surface area contributed by atoms with Crippen molar-refractivity contribution in [1.29, 1.82) is 0 Å². The van der Waals surface area contributed by atoms with Crippen LogP contribution in [0.15, 0.2) is 24.3 Å². The normalized spacial score (nSPS) is 19.7. The van der Waals surface area contributed by atoms with Crippen LogP contribution in [0.3, 0.4) is 0 Å². The van der Waals surface area contributed by atoms with Crippen molar-refractivity contribution >= 4 is 15.7 Å². The highest BCUT2D eigenvalue weighted by molar-refractivity contribution is 7.92. The first-order chi connectivity index (χ1) is 8.61. The van der Waals surface area contributed by atoms with Crippen LogP contribution in [0.1, 0.15) is 12.8 Å². The van der Waals surface area contributed by atoms with Gasteiger partial charge in [-0.2, -0.15) is 0 Å². The van der Waals surface area contributed by atoms with Gasteiger partial charge in [0.25, 0.3) is 0 Å². The molecule has 0 amide bonds. The Morgan fingerprint density at radius 2 is 2.22 bits per heavy atom. The maximum absolute atomic E-state index is 12.0. The minimum Gasteiger partial charge on any atom is -0.495 e. The third-order valence-electron chi connectivity index (χ3n) is 2.96. The molecule has 1 atom stereocenters. The predicted octanol–water partition coefficient (Wildman–Crippen LogP) is 1.19. The van der Waals surface area contributed by atoms with E-state index in [2.05, 4.69) is 10.0 Å². The lowest BCUT2D eigenvalue weighted by atomic mass is 10.3. The number of hydrogen-bond acceptors (Lipinski definition) is 4. The zero-order valence-electron chi connectivity index (χ0n) is 10.3. The second-order valence-corrected chi connectivity index (χ2v) is 6.14. The second-order valence-electron chi connectivity index (χ2n) is 4.38. The van der Waals surface area contributed by atoms with Crippen LogP contribution in [0.5, 0.6) is 5.75 Å². The Balaban J connectivity index is 2.06. The van der Waals surface area contributed by atoms with E-state index in [4.69, 9.17) is 4.74 Å². The Morgan fingerprint density at radius 3 is 2.89 bits per heavy atom. The van der Waals surface area contributed by atoms with E-state index >= 15 is 0 Å². The summed E-state index contributed by atoms with van der Waals surface area (Å²) >= 11 is 0. The van der Waals surface area contributed by atoms with Crippen LogP contribution in [-0.4, -0.2) is 33.9 Å². The summed E-state index contributed by atoms with van der Waals surface area (Å²) in [6.07, 6.45) is 1.95. The van der Waals surface area contributed by atoms with Crippen LogP contribution in [0.2, 0.25) is 0 Å². The average molecular weight is 270 g/mol. The number of anilines is 1. The van der Waals surface area contributed by atoms with Crippen molar-refractivity contribution in [2.45, 2.75) is 18.9 Å². The third kappa shape index (κ3) is 3.36. The van der Waals surface area contributed by atoms with E-state index in [0.29, 0.717) is 11.4 Å². The van der Waals surface area contributed by atoms with Crippen LogP contribution < -0.4 is 14.8 Å². The zero-order chi connectivity index (χ0) is 13.0. The number of benzene rings is 1. The quantitative estimate of drug-likeness (QED) is 0.843. The zero-order valence-corrected chi connectivity index (χ0v) is 11.2. The summed E-state index contributed by atoms with van der Waals surface area (Å²) in [7, 11) is -1.82. The molecular formula is C12H18N2O3S. The van der Waals surface area contributed by atoms with Gasteiger partial charge >= 0.3 is 0 Å². The molecule has 5 nitrogen and oxygen atoms in total. The molecular weight excluding hydrogens is 252 g/mol. The summed E-state index contributed by atoms with van der Waals surface area (Å²) in [5, 5.41) is 3.18. The Labute approximate surface area is 108 Å². The summed E-state index contributed by atoms with van der Waals surface area (Å²) in [5.41, 5.74) is 0.484. The van der Waals surface area contributed by atoms with Crippen LogP contribution in [0, 0.1) is 0 Å². The standard InChI is InChI=1S/C12H18N2O3S/c1-17-12-7-3-2-6-11(12)14-18(15,16)9-10-5-4-8-13-10/h2-3,6-7,10,13-14H,4-5,8-9H2,1H3. The van der Waals surface area contributed by atoms with E-state index in [1.165, 1.54) is 7.11 Å². The highest BCUT2D eigenvalue weighted by atomic mass is 32.2. The number of hydrogen-bond donors (Lipinski definition) is 2. The topological polar surface area (TPSA) is 67.4 Å². The Hall–Kier alpha value is -1.27. The molecule has 0 spiro atoms. The molecule has 0 aliphatic carbocycles. The summed E-state index contributed by atoms with van der Waals surface area (Å²) in [4.78, 5) is 0. The van der Waals surface area contributed by atoms with Crippen molar-refractivity contribution in [3.8, 4) is 5.75 Å². The van der Waals surface area contributed by atoms with Crippen LogP contribution in [0.25, 0.3) is 0 Å². The van der Waals surface area contributed by atoms with Crippen LogP contribution in [0.4, 0.5) is 5.69 Å². The molecule has 1 aromatic rings. The SMILES string of the molecule is COc1ccccc1NS(=O)(=O)CC1CCCN1. The van der Waals surface area contributed by atoms with E-state index in [-0.39, 0.29) is 11.8 Å². The van der Waals surface area contributed by atoms with Gasteiger partial charge in [0.1, 0.15) is 5.75 Å². The predicted molar refractivity (Wildman–Crippen MR) is 71.4 cm³/mol. The highest BCUT2D eigenvalue weighted by Gasteiger charge is 2.22. The maximum Gasteiger partial charge on any atom is 0.234 e. The molecule has 18 heavy (non-hydrogen) atoms. The summed E-state index contributed by atoms with van der Waals surface area (Å²) in [6.45, 7) is 0.898. The van der Waals surface area contributed by atoms with Gasteiger partial charge in [0, 0.05) is 6.04 Å². The molecule has 1 aliphatic rings. The summed E-state index contributed by atoms with van der Waals surface area (Å²) in [6, 6.07) is 7.05. The number of para-hydroxylation sites is 2. The lowest BCUT2D eigenvalue weighted by Gasteiger charge is -2.14. The van der Waals surface area contributed by atoms with Gasteiger partial charge in [0.2, 0.25) is 10.0 Å². The summed E-state index contributed by atoms with van der Waals surface area (Å²) in [5.74, 6) is 0.630. The first kappa shape index (κ1) is 13.2. The maximum atomic E-state index is 12.0. The molecule has 1 unspecified atom stereocenters. The van der Waals surface area contributed by atoms with Crippen molar-refractivity contribution in [3.63, 3.8) is 0 Å². The summed E-state index contributed by atoms with van der Waals surface area (Å²) < 4.78 is 31.7. The molecule has 1 saturated heterocycles. The molecule has 2 rings (SSSR count). The second kappa shape index (κ2) is 5.58. The van der Waals surface area contributed by atoms with Gasteiger partial charge < -0.3 is 10.1 Å². The molecule has 6 heteroatoms. The molecule has 0 bridgehead atoms. The van der Waals surface area contributed by atoms with Crippen LogP contribution >= 0.6 is 0 Å². The minimum absolute atomic E-state index is 0.0530. The minimum atomic E-state index is -3.34. The molecule has 2 N–H and O–H groups in total. The number of sulfonamides is 1. The van der Waals surface area contributed by atoms with Gasteiger partial charge in [-0.05, 0) is 31.5 Å². The molecule has 1 aromatic carbocycles. The van der Waals surface area contributed by atoms with E-state index < -0.39 is 10.0 Å². The van der Waals surface area contributed by atoms with Gasteiger partial charge in [-0.15, -0.1) is 0 Å². The van der Waals surface area contributed by atoms with E-state index in [1.54, 1.807) is 24.3 Å². The van der Waals surface area contributed by atoms with Crippen molar-refractivity contribution in [3.05, 3.63) is 24.3 Å². The van der Waals surface area contributed by atoms with Crippen molar-refractivity contribution in [2.24, 2.45) is 0 Å². The fourth-order valence-electron chi connectivity index (χ4n) is 2.10. The van der Waals surface area contributed by atoms with Gasteiger partial charge in [-0.25, -0.2) is 8.42 Å². The number of methoxy groups -OCH3 is 1. The molecule has 0 saturated carbocycles. The Bertz CT molecular complexity index is 496. The lowest BCUT2D eigenvalue weighted by molar-refractivity contribution is 0.417. The van der Waals surface area contributed by atoms with Crippen LogP contribution in [-0.2, 0) is 10.0 Å². The highest BCUT2D eigenvalue weighted by Crippen LogP contribution is 2.24. The molecule has 100 valence electrons. The number of rotatable bonds is 5. The lowest BCUT2D eigenvalue weighted by Crippen LogP contribution is -2.32. The molecule has 0 radical (unpaired) electrons. The van der Waals surface area contributed by atoms with Gasteiger partial charge in [0.05, 0.1) is 18.6 Å². The smallest absolute Gasteiger partial charge is 0.234 e. The third-order valence-corrected chi connectivity index (χ3v) is 4.33. The molecule has 1 heterocycles. The number of nitrogens with one attached hydrogen (secondary N) is 2. The van der Waals surface area contributed by atoms with E-state index in [1.807, 2.05) is 0 Å². The van der Waals surface area contributed by atoms with Gasteiger partial charge in [0.15, 0.2) is 0 Å². The van der Waals surface area contributed by atoms with Crippen molar-refractivity contribution in [2.75, 3.05) is 24.1 Å². The van der Waals surface area contributed by atoms with Gasteiger partial charge in [-0.3, -0.25) is 4.72 Å². The average Bonchev–Trinajstić information content (AvgIpc) is 2.81. The molecule has 0 aromatic heterocycles. The molecule has 1 fully saturated rings. The van der Waals surface area contributed by atoms with Crippen molar-refractivity contribution < 1.29 is 13.2 Å². The van der Waals surface area contributed by atoms with Crippen molar-refractivity contribution in [1.82, 2.24) is 5.32 Å². The first-order valence-corrected chi connectivity index (χ1v) is 7.63. The Kier molecular flexibility index (Phi) is 4.08. The molecule has 1 aliphatic heterocycles. The van der Waals surface area contributed by atoms with E-state index in [9.17, 15) is 8.42 Å². The fourth-order valence-corrected chi connectivity index (χ4v) is 3.50. The monoisotopic (exact) mass is 270 g/mol. The van der Waals surface area contributed by atoms with E-state index in [0.717, 1.165) is 19.4 Å². The van der Waals surface area contributed by atoms with Gasteiger partial charge in [-0.1, -0.05) is 12.1 Å². The number of ether oxygens (including phenoxy) is 1. The first-order valence-electron chi connectivity index (χ1n) is 5.97. The Morgan fingerprint density at radius 1 is 1.44 bits per heavy atom. The largest absolute Gasteiger partial charge is 0.495 e.